The molecule has 0 spiro atoms. The van der Waals surface area contributed by atoms with Crippen molar-refractivity contribution in [3.8, 4) is 11.5 Å². The van der Waals surface area contributed by atoms with Crippen molar-refractivity contribution in [1.29, 1.82) is 0 Å². The number of hydrogen-bond acceptors (Lipinski definition) is 1. The summed E-state index contributed by atoms with van der Waals surface area (Å²) in [7, 11) is -1.13. The van der Waals surface area contributed by atoms with E-state index in [9.17, 15) is 0 Å². The molecule has 0 aliphatic heterocycles. The fourth-order valence-corrected chi connectivity index (χ4v) is 1.84. The highest BCUT2D eigenvalue weighted by molar-refractivity contribution is 6.83. The molecular weight excluding hydrogens is 188 g/mol. The van der Waals surface area contributed by atoms with Crippen LogP contribution in [0.15, 0.2) is 0 Å². The van der Waals surface area contributed by atoms with Gasteiger partial charge in [0.05, 0.1) is 0 Å². The molecule has 0 saturated carbocycles. The number of rotatable bonds is 6. The van der Waals surface area contributed by atoms with Crippen molar-refractivity contribution < 1.29 is 5.11 Å². The molecule has 0 aliphatic rings. The second-order valence-electron chi connectivity index (χ2n) is 4.79. The number of aliphatic hydroxyl groups is 1. The van der Waals surface area contributed by atoms with Crippen LogP contribution in [0.4, 0.5) is 0 Å². The molecule has 0 heterocycles. The van der Waals surface area contributed by atoms with Gasteiger partial charge in [-0.3, -0.25) is 0 Å². The van der Waals surface area contributed by atoms with E-state index in [0.29, 0.717) is 6.61 Å². The molecule has 0 atom stereocenters. The molecule has 0 aromatic heterocycles. The molecule has 0 aromatic carbocycles. The van der Waals surface area contributed by atoms with Gasteiger partial charge in [0, 0.05) is 13.0 Å². The highest BCUT2D eigenvalue weighted by Gasteiger charge is 2.06. The summed E-state index contributed by atoms with van der Waals surface area (Å²) >= 11 is 0. The maximum atomic E-state index is 8.58. The van der Waals surface area contributed by atoms with Crippen LogP contribution in [0.2, 0.25) is 19.6 Å². The van der Waals surface area contributed by atoms with Gasteiger partial charge in [-0.15, -0.1) is 11.5 Å². The van der Waals surface area contributed by atoms with E-state index >= 15 is 0 Å². The molecular formula is C12H24OSi. The minimum Gasteiger partial charge on any atom is -0.396 e. The molecule has 1 nitrogen and oxygen atoms in total. The first kappa shape index (κ1) is 13.7. The van der Waals surface area contributed by atoms with Crippen LogP contribution >= 0.6 is 0 Å². The van der Waals surface area contributed by atoms with E-state index < -0.39 is 8.07 Å². The average molecular weight is 212 g/mol. The average Bonchev–Trinajstić information content (AvgIpc) is 2.08. The van der Waals surface area contributed by atoms with Gasteiger partial charge in [0.2, 0.25) is 0 Å². The second kappa shape index (κ2) is 8.08. The Morgan fingerprint density at radius 2 is 1.50 bits per heavy atom. The summed E-state index contributed by atoms with van der Waals surface area (Å²) in [5, 5.41) is 8.58. The van der Waals surface area contributed by atoms with Gasteiger partial charge in [0.25, 0.3) is 0 Å². The first-order chi connectivity index (χ1) is 6.56. The predicted molar refractivity (Wildman–Crippen MR) is 65.9 cm³/mol. The number of aliphatic hydroxyl groups excluding tert-OH is 1. The smallest absolute Gasteiger partial charge is 0.129 e. The van der Waals surface area contributed by atoms with Crippen molar-refractivity contribution in [1.82, 2.24) is 0 Å². The zero-order valence-corrected chi connectivity index (χ0v) is 10.9. The van der Waals surface area contributed by atoms with Gasteiger partial charge in [-0.05, 0) is 12.8 Å². The SMILES string of the molecule is C[Si](C)(C)C#CCCCCCCCO. The first-order valence-corrected chi connectivity index (χ1v) is 9.17. The highest BCUT2D eigenvalue weighted by Crippen LogP contribution is 2.04. The Hall–Kier alpha value is -0.263. The third kappa shape index (κ3) is 11.7. The Labute approximate surface area is 89.9 Å². The van der Waals surface area contributed by atoms with Gasteiger partial charge >= 0.3 is 0 Å². The molecule has 0 aromatic rings. The van der Waals surface area contributed by atoms with Gasteiger partial charge in [0.1, 0.15) is 8.07 Å². The van der Waals surface area contributed by atoms with E-state index in [1.54, 1.807) is 0 Å². The lowest BCUT2D eigenvalue weighted by Gasteiger charge is -2.03. The van der Waals surface area contributed by atoms with Crippen LogP contribution in [-0.4, -0.2) is 19.8 Å². The molecule has 0 radical (unpaired) electrons. The summed E-state index contributed by atoms with van der Waals surface area (Å²) < 4.78 is 0. The monoisotopic (exact) mass is 212 g/mol. The van der Waals surface area contributed by atoms with E-state index in [2.05, 4.69) is 31.1 Å². The van der Waals surface area contributed by atoms with E-state index in [0.717, 1.165) is 19.3 Å². The van der Waals surface area contributed by atoms with Crippen LogP contribution < -0.4 is 0 Å². The summed E-state index contributed by atoms with van der Waals surface area (Å²) in [6, 6.07) is 0. The maximum Gasteiger partial charge on any atom is 0.129 e. The lowest BCUT2D eigenvalue weighted by molar-refractivity contribution is 0.282. The molecule has 0 fully saturated rings. The molecule has 0 aliphatic carbocycles. The predicted octanol–water partition coefficient (Wildman–Crippen LogP) is 3.20. The number of hydrogen-bond donors (Lipinski definition) is 1. The first-order valence-electron chi connectivity index (χ1n) is 5.67. The van der Waals surface area contributed by atoms with Crippen molar-refractivity contribution >= 4 is 8.07 Å². The van der Waals surface area contributed by atoms with Crippen LogP contribution in [0.5, 0.6) is 0 Å². The topological polar surface area (TPSA) is 20.2 Å². The quantitative estimate of drug-likeness (QED) is 0.407. The second-order valence-corrected chi connectivity index (χ2v) is 9.54. The fourth-order valence-electron chi connectivity index (χ4n) is 1.18. The zero-order chi connectivity index (χ0) is 10.9. The molecule has 0 amide bonds. The minimum atomic E-state index is -1.13. The Morgan fingerprint density at radius 1 is 0.929 bits per heavy atom. The molecule has 0 bridgehead atoms. The van der Waals surface area contributed by atoms with Crippen LogP contribution in [0.1, 0.15) is 38.5 Å². The molecule has 0 rings (SSSR count). The summed E-state index contributed by atoms with van der Waals surface area (Å²) in [6.45, 7) is 7.18. The lowest BCUT2D eigenvalue weighted by atomic mass is 10.1. The zero-order valence-electron chi connectivity index (χ0n) is 9.90. The van der Waals surface area contributed by atoms with E-state index in [1.807, 2.05) is 0 Å². The summed E-state index contributed by atoms with van der Waals surface area (Å²) in [5.74, 6) is 3.28. The number of unbranched alkanes of at least 4 members (excludes halogenated alkanes) is 5. The minimum absolute atomic E-state index is 0.343. The van der Waals surface area contributed by atoms with Crippen LogP contribution in [0.25, 0.3) is 0 Å². The molecule has 14 heavy (non-hydrogen) atoms. The lowest BCUT2D eigenvalue weighted by Crippen LogP contribution is -2.16. The van der Waals surface area contributed by atoms with Crippen LogP contribution in [0.3, 0.4) is 0 Å². The Kier molecular flexibility index (Phi) is 7.93. The third-order valence-electron chi connectivity index (χ3n) is 1.92. The van der Waals surface area contributed by atoms with Crippen LogP contribution in [0, 0.1) is 11.5 Å². The maximum absolute atomic E-state index is 8.58. The molecule has 82 valence electrons. The van der Waals surface area contributed by atoms with Crippen LogP contribution in [-0.2, 0) is 0 Å². The third-order valence-corrected chi connectivity index (χ3v) is 2.85. The standard InChI is InChI=1S/C12H24OSi/c1-14(2,3)12-10-8-6-4-5-7-9-11-13/h13H,4-9,11H2,1-3H3. The van der Waals surface area contributed by atoms with E-state index in [1.165, 1.54) is 19.3 Å². The van der Waals surface area contributed by atoms with Gasteiger partial charge in [-0.1, -0.05) is 38.9 Å². The van der Waals surface area contributed by atoms with Crippen molar-refractivity contribution in [2.45, 2.75) is 58.2 Å². The summed E-state index contributed by atoms with van der Waals surface area (Å²) in [6.07, 6.45) is 6.92. The largest absolute Gasteiger partial charge is 0.396 e. The summed E-state index contributed by atoms with van der Waals surface area (Å²) in [4.78, 5) is 0. The normalized spacial score (nSPS) is 10.9. The van der Waals surface area contributed by atoms with Gasteiger partial charge < -0.3 is 5.11 Å². The van der Waals surface area contributed by atoms with E-state index in [4.69, 9.17) is 5.11 Å². The fraction of sp³-hybridized carbons (Fsp3) is 0.833. The molecule has 0 unspecified atom stereocenters. The Morgan fingerprint density at radius 3 is 2.07 bits per heavy atom. The summed E-state index contributed by atoms with van der Waals surface area (Å²) in [5.41, 5.74) is 3.37. The molecule has 0 saturated heterocycles. The van der Waals surface area contributed by atoms with Crippen molar-refractivity contribution in [3.05, 3.63) is 0 Å². The molecule has 1 N–H and O–H groups in total. The Balaban J connectivity index is 3.24. The highest BCUT2D eigenvalue weighted by atomic mass is 28.3. The van der Waals surface area contributed by atoms with Gasteiger partial charge in [0.15, 0.2) is 0 Å². The van der Waals surface area contributed by atoms with Crippen molar-refractivity contribution in [2.75, 3.05) is 6.61 Å². The van der Waals surface area contributed by atoms with E-state index in [-0.39, 0.29) is 0 Å². The Bertz CT molecular complexity index is 183. The van der Waals surface area contributed by atoms with Crippen molar-refractivity contribution in [2.24, 2.45) is 0 Å². The van der Waals surface area contributed by atoms with Gasteiger partial charge in [-0.2, -0.15) is 0 Å². The molecule has 2 heteroatoms. The van der Waals surface area contributed by atoms with Crippen molar-refractivity contribution in [3.63, 3.8) is 0 Å². The van der Waals surface area contributed by atoms with Gasteiger partial charge in [-0.25, -0.2) is 0 Å².